The van der Waals surface area contributed by atoms with E-state index < -0.39 is 0 Å². The fourth-order valence-electron chi connectivity index (χ4n) is 2.42. The standard InChI is InChI=1S/C14H17BrN4O2/c15-12-5-16-14(17-6-12)21-8-11-1-3-19(4-2-11)7-13-9-20-10-18-13/h5-6,9-11H,1-4,7-8H2. The minimum absolute atomic E-state index is 0.447. The predicted molar refractivity (Wildman–Crippen MR) is 79.7 cm³/mol. The highest BCUT2D eigenvalue weighted by Gasteiger charge is 2.20. The van der Waals surface area contributed by atoms with Crippen molar-refractivity contribution in [3.8, 4) is 6.01 Å². The van der Waals surface area contributed by atoms with Gasteiger partial charge < -0.3 is 9.15 Å². The molecule has 0 aliphatic carbocycles. The lowest BCUT2D eigenvalue weighted by Gasteiger charge is -2.30. The van der Waals surface area contributed by atoms with Crippen molar-refractivity contribution in [3.63, 3.8) is 0 Å². The number of aromatic nitrogens is 3. The number of oxazole rings is 1. The normalized spacial score (nSPS) is 17.0. The Morgan fingerprint density at radius 1 is 1.24 bits per heavy atom. The Kier molecular flexibility index (Phi) is 4.82. The SMILES string of the molecule is Brc1cnc(OCC2CCN(Cc3cocn3)CC2)nc1. The van der Waals surface area contributed by atoms with Gasteiger partial charge in [0.15, 0.2) is 6.39 Å². The van der Waals surface area contributed by atoms with Crippen LogP contribution >= 0.6 is 15.9 Å². The Hall–Kier alpha value is -1.47. The molecule has 0 spiro atoms. The van der Waals surface area contributed by atoms with Gasteiger partial charge in [-0.1, -0.05) is 0 Å². The summed E-state index contributed by atoms with van der Waals surface area (Å²) in [5, 5.41) is 0. The van der Waals surface area contributed by atoms with Gasteiger partial charge in [0, 0.05) is 18.9 Å². The molecular weight excluding hydrogens is 336 g/mol. The second kappa shape index (κ2) is 7.00. The van der Waals surface area contributed by atoms with Gasteiger partial charge in [0.2, 0.25) is 0 Å². The first-order chi connectivity index (χ1) is 10.3. The van der Waals surface area contributed by atoms with Crippen LogP contribution in [-0.2, 0) is 6.54 Å². The van der Waals surface area contributed by atoms with Crippen molar-refractivity contribution < 1.29 is 9.15 Å². The molecule has 1 aliphatic heterocycles. The Labute approximate surface area is 131 Å². The van der Waals surface area contributed by atoms with Gasteiger partial charge in [-0.2, -0.15) is 0 Å². The van der Waals surface area contributed by atoms with Crippen LogP contribution in [0.4, 0.5) is 0 Å². The van der Waals surface area contributed by atoms with Crippen molar-refractivity contribution >= 4 is 15.9 Å². The van der Waals surface area contributed by atoms with E-state index in [0.29, 0.717) is 18.5 Å². The van der Waals surface area contributed by atoms with Gasteiger partial charge in [0.05, 0.1) is 16.8 Å². The van der Waals surface area contributed by atoms with Crippen molar-refractivity contribution in [2.24, 2.45) is 5.92 Å². The van der Waals surface area contributed by atoms with E-state index in [0.717, 1.165) is 42.6 Å². The number of halogens is 1. The van der Waals surface area contributed by atoms with Gasteiger partial charge >= 0.3 is 6.01 Å². The fourth-order valence-corrected chi connectivity index (χ4v) is 2.63. The van der Waals surface area contributed by atoms with E-state index >= 15 is 0 Å². The van der Waals surface area contributed by atoms with Crippen molar-refractivity contribution in [3.05, 3.63) is 35.2 Å². The Bertz CT molecular complexity index is 539. The maximum Gasteiger partial charge on any atom is 0.316 e. The molecule has 0 bridgehead atoms. The third-order valence-electron chi connectivity index (χ3n) is 3.62. The van der Waals surface area contributed by atoms with Crippen molar-refractivity contribution in [2.45, 2.75) is 19.4 Å². The molecule has 1 aliphatic rings. The van der Waals surface area contributed by atoms with Crippen molar-refractivity contribution in [2.75, 3.05) is 19.7 Å². The van der Waals surface area contributed by atoms with Crippen LogP contribution in [0.15, 0.2) is 33.9 Å². The number of hydrogen-bond donors (Lipinski definition) is 0. The number of piperidine rings is 1. The van der Waals surface area contributed by atoms with Crippen LogP contribution in [0.2, 0.25) is 0 Å². The largest absolute Gasteiger partial charge is 0.463 e. The van der Waals surface area contributed by atoms with Gasteiger partial charge in [0.1, 0.15) is 6.26 Å². The van der Waals surface area contributed by atoms with E-state index in [1.54, 1.807) is 18.7 Å². The molecule has 0 N–H and O–H groups in total. The third-order valence-corrected chi connectivity index (χ3v) is 4.03. The highest BCUT2D eigenvalue weighted by molar-refractivity contribution is 9.10. The van der Waals surface area contributed by atoms with Crippen LogP contribution in [0.5, 0.6) is 6.01 Å². The molecule has 0 amide bonds. The minimum atomic E-state index is 0.447. The van der Waals surface area contributed by atoms with E-state index in [2.05, 4.69) is 35.8 Å². The fraction of sp³-hybridized carbons (Fsp3) is 0.500. The topological polar surface area (TPSA) is 64.3 Å². The lowest BCUT2D eigenvalue weighted by molar-refractivity contribution is 0.131. The molecule has 7 heteroatoms. The number of nitrogens with zero attached hydrogens (tertiary/aromatic N) is 4. The number of hydrogen-bond acceptors (Lipinski definition) is 6. The van der Waals surface area contributed by atoms with Gasteiger partial charge in [-0.3, -0.25) is 4.90 Å². The second-order valence-corrected chi connectivity index (χ2v) is 6.11. The molecule has 3 heterocycles. The van der Waals surface area contributed by atoms with Crippen LogP contribution in [0.1, 0.15) is 18.5 Å². The molecular formula is C14H17BrN4O2. The zero-order chi connectivity index (χ0) is 14.5. The summed E-state index contributed by atoms with van der Waals surface area (Å²) in [4.78, 5) is 14.8. The van der Waals surface area contributed by atoms with Crippen LogP contribution in [0.25, 0.3) is 0 Å². The summed E-state index contributed by atoms with van der Waals surface area (Å²) in [6, 6.07) is 0.447. The Morgan fingerprint density at radius 2 is 2.00 bits per heavy atom. The summed E-state index contributed by atoms with van der Waals surface area (Å²) in [6.45, 7) is 3.66. The minimum Gasteiger partial charge on any atom is -0.463 e. The van der Waals surface area contributed by atoms with Crippen molar-refractivity contribution in [1.29, 1.82) is 0 Å². The molecule has 1 saturated heterocycles. The summed E-state index contributed by atoms with van der Waals surface area (Å²) < 4.78 is 11.5. The number of ether oxygens (including phenoxy) is 1. The van der Waals surface area contributed by atoms with E-state index in [-0.39, 0.29) is 0 Å². The van der Waals surface area contributed by atoms with Crippen LogP contribution in [0.3, 0.4) is 0 Å². The van der Waals surface area contributed by atoms with Crippen LogP contribution < -0.4 is 4.74 Å². The van der Waals surface area contributed by atoms with Gasteiger partial charge in [-0.15, -0.1) is 0 Å². The Balaban J connectivity index is 1.40. The lowest BCUT2D eigenvalue weighted by atomic mass is 9.98. The van der Waals surface area contributed by atoms with Gasteiger partial charge in [-0.05, 0) is 47.8 Å². The molecule has 1 fully saturated rings. The Morgan fingerprint density at radius 3 is 2.67 bits per heavy atom. The van der Waals surface area contributed by atoms with Gasteiger partial charge in [-0.25, -0.2) is 15.0 Å². The first kappa shape index (κ1) is 14.5. The zero-order valence-electron chi connectivity index (χ0n) is 11.6. The highest BCUT2D eigenvalue weighted by atomic mass is 79.9. The summed E-state index contributed by atoms with van der Waals surface area (Å²) in [6.07, 6.45) is 8.82. The van der Waals surface area contributed by atoms with E-state index in [1.165, 1.54) is 6.39 Å². The molecule has 0 radical (unpaired) electrons. The van der Waals surface area contributed by atoms with Crippen LogP contribution in [-0.4, -0.2) is 39.5 Å². The molecule has 2 aromatic heterocycles. The molecule has 2 aromatic rings. The van der Waals surface area contributed by atoms with E-state index in [1.807, 2.05) is 0 Å². The molecule has 3 rings (SSSR count). The summed E-state index contributed by atoms with van der Waals surface area (Å²) in [5.41, 5.74) is 0.993. The maximum absolute atomic E-state index is 5.65. The zero-order valence-corrected chi connectivity index (χ0v) is 13.2. The molecule has 112 valence electrons. The number of likely N-dealkylation sites (tertiary alicyclic amines) is 1. The summed E-state index contributed by atoms with van der Waals surface area (Å²) in [5.74, 6) is 0.561. The van der Waals surface area contributed by atoms with Crippen LogP contribution in [0, 0.1) is 5.92 Å². The summed E-state index contributed by atoms with van der Waals surface area (Å²) >= 11 is 3.31. The van der Waals surface area contributed by atoms with Crippen molar-refractivity contribution in [1.82, 2.24) is 19.9 Å². The molecule has 0 aromatic carbocycles. The first-order valence-corrected chi connectivity index (χ1v) is 7.78. The molecule has 0 atom stereocenters. The molecule has 0 saturated carbocycles. The average Bonchev–Trinajstić information content (AvgIpc) is 3.01. The highest BCUT2D eigenvalue weighted by Crippen LogP contribution is 2.19. The average molecular weight is 353 g/mol. The number of rotatable bonds is 5. The third kappa shape index (κ3) is 4.25. The predicted octanol–water partition coefficient (Wildman–Crippen LogP) is 2.52. The smallest absolute Gasteiger partial charge is 0.316 e. The maximum atomic E-state index is 5.65. The monoisotopic (exact) mass is 352 g/mol. The first-order valence-electron chi connectivity index (χ1n) is 6.99. The molecule has 6 nitrogen and oxygen atoms in total. The van der Waals surface area contributed by atoms with Gasteiger partial charge in [0.25, 0.3) is 0 Å². The molecule has 21 heavy (non-hydrogen) atoms. The van der Waals surface area contributed by atoms with E-state index in [9.17, 15) is 0 Å². The summed E-state index contributed by atoms with van der Waals surface area (Å²) in [7, 11) is 0. The lowest BCUT2D eigenvalue weighted by Crippen LogP contribution is -2.35. The van der Waals surface area contributed by atoms with E-state index in [4.69, 9.17) is 9.15 Å². The molecule has 0 unspecified atom stereocenters. The second-order valence-electron chi connectivity index (χ2n) is 5.19. The quantitative estimate of drug-likeness (QED) is 0.823.